The van der Waals surface area contributed by atoms with Crippen LogP contribution in [0, 0.1) is 13.8 Å². The lowest BCUT2D eigenvalue weighted by Crippen LogP contribution is -2.12. The summed E-state index contributed by atoms with van der Waals surface area (Å²) in [7, 11) is 0. The molecule has 0 aliphatic rings. The molecule has 4 heterocycles. The lowest BCUT2D eigenvalue weighted by atomic mass is 9.97. The van der Waals surface area contributed by atoms with Gasteiger partial charge in [0.1, 0.15) is 0 Å². The van der Waals surface area contributed by atoms with Crippen LogP contribution >= 0.6 is 0 Å². The highest BCUT2D eigenvalue weighted by Crippen LogP contribution is 2.53. The van der Waals surface area contributed by atoms with E-state index in [-0.39, 0.29) is 0 Å². The number of anilines is 6. The summed E-state index contributed by atoms with van der Waals surface area (Å²) in [5.74, 6) is 0.849. The van der Waals surface area contributed by atoms with E-state index < -0.39 is 0 Å². The molecule has 374 valence electrons. The van der Waals surface area contributed by atoms with Crippen molar-refractivity contribution in [1.29, 1.82) is 0 Å². The molecule has 0 spiro atoms. The van der Waals surface area contributed by atoms with Crippen LogP contribution in [-0.4, -0.2) is 8.80 Å². The normalized spacial score (nSPS) is 12.2. The van der Waals surface area contributed by atoms with Crippen LogP contribution in [0.15, 0.2) is 231 Å². The van der Waals surface area contributed by atoms with E-state index in [1.165, 1.54) is 121 Å². The summed E-state index contributed by atoms with van der Waals surface area (Å²) in [6.45, 7) is 13.5. The van der Waals surface area contributed by atoms with Gasteiger partial charge in [-0.2, -0.15) is 0 Å². The van der Waals surface area contributed by atoms with Crippen LogP contribution in [0.1, 0.15) is 61.8 Å². The summed E-state index contributed by atoms with van der Waals surface area (Å²) < 4.78 is 5.13. The molecule has 4 nitrogen and oxygen atoms in total. The van der Waals surface area contributed by atoms with Gasteiger partial charge in [-0.3, -0.25) is 0 Å². The Hall–Kier alpha value is -9.38. The van der Waals surface area contributed by atoms with Gasteiger partial charge < -0.3 is 18.6 Å². The second-order valence-electron chi connectivity index (χ2n) is 22.2. The number of para-hydroxylation sites is 2. The van der Waals surface area contributed by atoms with Gasteiger partial charge in [0, 0.05) is 65.6 Å². The van der Waals surface area contributed by atoms with Crippen LogP contribution in [0.3, 0.4) is 0 Å². The Morgan fingerprint density at radius 3 is 1.08 bits per heavy atom. The highest BCUT2D eigenvalue weighted by atomic mass is 15.2. The van der Waals surface area contributed by atoms with Crippen molar-refractivity contribution in [2.75, 3.05) is 9.80 Å². The summed E-state index contributed by atoms with van der Waals surface area (Å²) in [6, 6.07) is 86.8. The molecular weight excluding hydrogens is 945 g/mol. The number of hydrogen-bond acceptors (Lipinski definition) is 2. The van der Waals surface area contributed by atoms with Gasteiger partial charge in [-0.1, -0.05) is 184 Å². The molecule has 4 heteroatoms. The van der Waals surface area contributed by atoms with Crippen molar-refractivity contribution in [1.82, 2.24) is 8.80 Å². The van der Waals surface area contributed by atoms with E-state index in [0.717, 1.165) is 34.1 Å². The molecule has 11 aromatic carbocycles. The summed E-state index contributed by atoms with van der Waals surface area (Å²) in [4.78, 5) is 5.03. The van der Waals surface area contributed by atoms with Crippen LogP contribution in [-0.2, 0) is 0 Å². The minimum Gasteiger partial charge on any atom is -0.309 e. The van der Waals surface area contributed by atoms with E-state index in [1.54, 1.807) is 0 Å². The molecule has 0 atom stereocenters. The van der Waals surface area contributed by atoms with Crippen molar-refractivity contribution in [2.45, 2.75) is 53.4 Å². The summed E-state index contributed by atoms with van der Waals surface area (Å²) in [5.41, 5.74) is 24.1. The summed E-state index contributed by atoms with van der Waals surface area (Å²) >= 11 is 0. The monoisotopic (exact) mass is 1000 g/mol. The second-order valence-corrected chi connectivity index (χ2v) is 22.2. The Kier molecular flexibility index (Phi) is 10.4. The molecular formula is C74H58N4. The third-order valence-electron chi connectivity index (χ3n) is 16.8. The Balaban J connectivity index is 1.00. The molecule has 4 aromatic heterocycles. The molecule has 0 saturated heterocycles. The number of benzene rings is 11. The van der Waals surface area contributed by atoms with Crippen LogP contribution in [0.5, 0.6) is 0 Å². The van der Waals surface area contributed by atoms with E-state index >= 15 is 0 Å². The highest BCUT2D eigenvalue weighted by molar-refractivity contribution is 6.32. The maximum Gasteiger partial charge on any atom is 0.0641 e. The van der Waals surface area contributed by atoms with Gasteiger partial charge in [0.2, 0.25) is 0 Å². The molecule has 0 N–H and O–H groups in total. The van der Waals surface area contributed by atoms with Crippen LogP contribution in [0.4, 0.5) is 34.1 Å². The van der Waals surface area contributed by atoms with Crippen molar-refractivity contribution in [2.24, 2.45) is 0 Å². The van der Waals surface area contributed by atoms with Gasteiger partial charge in [0.05, 0.1) is 55.8 Å². The van der Waals surface area contributed by atoms with Crippen molar-refractivity contribution in [3.63, 3.8) is 0 Å². The largest absolute Gasteiger partial charge is 0.309 e. The first-order valence-electron chi connectivity index (χ1n) is 27.6. The van der Waals surface area contributed by atoms with E-state index in [4.69, 9.17) is 0 Å². The first-order chi connectivity index (χ1) is 38.2. The predicted molar refractivity (Wildman–Crippen MR) is 334 cm³/mol. The number of rotatable bonds is 10. The first-order valence-corrected chi connectivity index (χ1v) is 27.6. The van der Waals surface area contributed by atoms with Gasteiger partial charge in [-0.05, 0) is 133 Å². The maximum absolute atomic E-state index is 2.56. The Morgan fingerprint density at radius 1 is 0.308 bits per heavy atom. The number of aromatic nitrogens is 2. The molecule has 0 radical (unpaired) electrons. The quantitative estimate of drug-likeness (QED) is 0.136. The zero-order valence-corrected chi connectivity index (χ0v) is 44.9. The third-order valence-corrected chi connectivity index (χ3v) is 16.8. The summed E-state index contributed by atoms with van der Waals surface area (Å²) in [6.07, 6.45) is 0. The van der Waals surface area contributed by atoms with Crippen LogP contribution in [0.2, 0.25) is 0 Å². The highest BCUT2D eigenvalue weighted by Gasteiger charge is 2.29. The topological polar surface area (TPSA) is 15.3 Å². The zero-order valence-electron chi connectivity index (χ0n) is 44.9. The predicted octanol–water partition coefficient (Wildman–Crippen LogP) is 21.1. The number of fused-ring (bicyclic) bond motifs is 12. The second kappa shape index (κ2) is 17.6. The van der Waals surface area contributed by atoms with E-state index in [2.05, 4.69) is 291 Å². The van der Waals surface area contributed by atoms with Gasteiger partial charge in [-0.25, -0.2) is 0 Å². The average Bonchev–Trinajstić information content (AvgIpc) is 4.37. The molecule has 0 aliphatic heterocycles. The van der Waals surface area contributed by atoms with Crippen molar-refractivity contribution in [3.05, 3.63) is 253 Å². The molecule has 15 aromatic rings. The van der Waals surface area contributed by atoms with Crippen molar-refractivity contribution in [3.8, 4) is 22.3 Å². The smallest absolute Gasteiger partial charge is 0.0641 e. The Bertz CT molecular complexity index is 4480. The fourth-order valence-corrected chi connectivity index (χ4v) is 13.1. The molecule has 0 unspecified atom stereocenters. The van der Waals surface area contributed by atoms with E-state index in [9.17, 15) is 0 Å². The number of aryl methyl sites for hydroxylation is 2. The average molecular weight is 1000 g/mol. The molecule has 0 fully saturated rings. The fraction of sp³-hybridized carbons (Fsp3) is 0.108. The minimum absolute atomic E-state index is 0.425. The minimum atomic E-state index is 0.425. The molecule has 0 saturated carbocycles. The molecule has 0 amide bonds. The standard InChI is InChI=1S/C74H58N4/c1-45(2)49-27-31-53(32-28-49)75(65-37-25-47(5)41-59(65)51-17-9-7-10-18-51)67-39-35-55-61-43-70-62(44-69(61)77-63-23-15-13-21-57(63)71(67)73(55)77)56-36-40-68(72-58-22-14-16-24-64(58)78(70)74(56)72)76(54-33-29-50(30-34-54)46(3)4)66-38-26-48(6)42-60(66)52-19-11-8-12-20-52/h7-46H,1-6H3. The molecule has 0 aliphatic carbocycles. The number of hydrogen-bond donors (Lipinski definition) is 0. The summed E-state index contributed by atoms with van der Waals surface area (Å²) in [5, 5.41) is 9.97. The third kappa shape index (κ3) is 6.85. The first kappa shape index (κ1) is 46.0. The lowest BCUT2D eigenvalue weighted by Gasteiger charge is -2.29. The van der Waals surface area contributed by atoms with Gasteiger partial charge in [0.25, 0.3) is 0 Å². The maximum atomic E-state index is 2.56. The molecule has 78 heavy (non-hydrogen) atoms. The van der Waals surface area contributed by atoms with Crippen LogP contribution < -0.4 is 9.80 Å². The Labute approximate surface area is 454 Å². The van der Waals surface area contributed by atoms with Gasteiger partial charge in [0.15, 0.2) is 0 Å². The van der Waals surface area contributed by atoms with E-state index in [1.807, 2.05) is 0 Å². The van der Waals surface area contributed by atoms with E-state index in [0.29, 0.717) is 11.8 Å². The van der Waals surface area contributed by atoms with Crippen molar-refractivity contribution < 1.29 is 0 Å². The number of nitrogens with zero attached hydrogens (tertiary/aromatic N) is 4. The van der Waals surface area contributed by atoms with Crippen molar-refractivity contribution >= 4 is 110 Å². The lowest BCUT2D eigenvalue weighted by molar-refractivity contribution is 0.866. The fourth-order valence-electron chi connectivity index (χ4n) is 13.1. The zero-order chi connectivity index (χ0) is 52.5. The SMILES string of the molecule is Cc1ccc(N(c2ccc(C(C)C)cc2)c2ccc3c4cc5c(cc4n4c6ccccc6c2c34)c2ccc(N(c3ccc(C(C)C)cc3)c3ccc(C)cc3-c3ccccc3)c3c4ccccc4n5c23)c(-c2ccccc2)c1. The van der Waals surface area contributed by atoms with Gasteiger partial charge >= 0.3 is 0 Å². The molecule has 15 rings (SSSR count). The van der Waals surface area contributed by atoms with Crippen LogP contribution in [0.25, 0.3) is 98.4 Å². The molecule has 0 bridgehead atoms. The Morgan fingerprint density at radius 2 is 0.679 bits per heavy atom. The van der Waals surface area contributed by atoms with Gasteiger partial charge in [-0.15, -0.1) is 0 Å².